The van der Waals surface area contributed by atoms with E-state index in [2.05, 4.69) is 0 Å². The Balaban J connectivity index is 1.99. The normalized spacial score (nSPS) is 11.7. The molecule has 0 spiro atoms. The molecule has 1 aromatic heterocycles. The number of halogens is 3. The van der Waals surface area contributed by atoms with E-state index in [1.165, 1.54) is 22.9 Å². The Bertz CT molecular complexity index is 1430. The zero-order chi connectivity index (χ0) is 21.5. The molecule has 4 aromatic rings. The molecule has 0 amide bonds. The molecule has 0 saturated heterocycles. The number of benzene rings is 3. The average molecular weight is 446 g/mol. The molecule has 0 aliphatic heterocycles. The fourth-order valence-corrected chi connectivity index (χ4v) is 4.78. The van der Waals surface area contributed by atoms with Gasteiger partial charge in [-0.2, -0.15) is 0 Å². The minimum atomic E-state index is -4.27. The van der Waals surface area contributed by atoms with Gasteiger partial charge >= 0.3 is 0 Å². The van der Waals surface area contributed by atoms with E-state index >= 15 is 0 Å². The molecule has 0 fully saturated rings. The fraction of sp³-hybridized carbons (Fsp3) is 0.0455. The first-order valence-electron chi connectivity index (χ1n) is 8.84. The van der Waals surface area contributed by atoms with Crippen molar-refractivity contribution in [3.05, 3.63) is 105 Å². The summed E-state index contributed by atoms with van der Waals surface area (Å²) >= 11 is 6.23. The summed E-state index contributed by atoms with van der Waals surface area (Å²) in [5.74, 6) is -1.27. The van der Waals surface area contributed by atoms with Crippen LogP contribution in [0.5, 0.6) is 0 Å². The van der Waals surface area contributed by atoms with Crippen LogP contribution >= 0.6 is 11.6 Å². The number of nitrogens with zero attached hydrogens (tertiary/aromatic N) is 1. The van der Waals surface area contributed by atoms with Crippen LogP contribution in [0, 0.1) is 11.6 Å². The maximum atomic E-state index is 13.9. The Morgan fingerprint density at radius 1 is 0.900 bits per heavy atom. The van der Waals surface area contributed by atoms with Crippen molar-refractivity contribution >= 4 is 32.3 Å². The molecule has 30 heavy (non-hydrogen) atoms. The Morgan fingerprint density at radius 2 is 1.57 bits per heavy atom. The maximum Gasteiger partial charge on any atom is 0.211 e. The molecular formula is C22H14ClF2NO3S. The van der Waals surface area contributed by atoms with Crippen molar-refractivity contribution < 1.29 is 17.2 Å². The topological polar surface area (TPSA) is 56.1 Å². The van der Waals surface area contributed by atoms with Gasteiger partial charge in [0.05, 0.1) is 10.4 Å². The number of hydrogen-bond donors (Lipinski definition) is 0. The molecular weight excluding hydrogens is 432 g/mol. The highest BCUT2D eigenvalue weighted by molar-refractivity contribution is 7.91. The zero-order valence-electron chi connectivity index (χ0n) is 15.3. The third-order valence-electron chi connectivity index (χ3n) is 4.72. The van der Waals surface area contributed by atoms with Crippen molar-refractivity contribution in [3.8, 4) is 0 Å². The van der Waals surface area contributed by atoms with Crippen LogP contribution in [0.2, 0.25) is 5.02 Å². The molecule has 0 saturated carbocycles. The molecule has 152 valence electrons. The predicted molar refractivity (Wildman–Crippen MR) is 111 cm³/mol. The van der Waals surface area contributed by atoms with Crippen molar-refractivity contribution in [3.63, 3.8) is 0 Å². The third kappa shape index (κ3) is 3.62. The van der Waals surface area contributed by atoms with Gasteiger partial charge in [-0.05, 0) is 54.1 Å². The second-order valence-corrected chi connectivity index (χ2v) is 8.99. The summed E-state index contributed by atoms with van der Waals surface area (Å²) < 4.78 is 54.9. The van der Waals surface area contributed by atoms with Crippen molar-refractivity contribution in [2.75, 3.05) is 0 Å². The molecule has 0 radical (unpaired) electrons. The van der Waals surface area contributed by atoms with Crippen LogP contribution in [0.4, 0.5) is 8.78 Å². The summed E-state index contributed by atoms with van der Waals surface area (Å²) in [6.07, 6.45) is 1.21. The minimum absolute atomic E-state index is 0.0785. The van der Waals surface area contributed by atoms with Gasteiger partial charge in [0.25, 0.3) is 0 Å². The lowest BCUT2D eigenvalue weighted by Gasteiger charge is -2.15. The summed E-state index contributed by atoms with van der Waals surface area (Å²) in [6, 6.07) is 14.8. The number of pyridine rings is 1. The zero-order valence-corrected chi connectivity index (χ0v) is 16.9. The van der Waals surface area contributed by atoms with Crippen molar-refractivity contribution in [2.45, 2.75) is 16.3 Å². The Morgan fingerprint density at radius 3 is 2.27 bits per heavy atom. The first kappa shape index (κ1) is 20.3. The lowest BCUT2D eigenvalue weighted by atomic mass is 10.1. The molecule has 3 aromatic carbocycles. The van der Waals surface area contributed by atoms with E-state index in [1.54, 1.807) is 24.3 Å². The highest BCUT2D eigenvalue weighted by Crippen LogP contribution is 2.24. The molecule has 8 heteroatoms. The molecule has 4 rings (SSSR count). The van der Waals surface area contributed by atoms with E-state index in [4.69, 9.17) is 11.6 Å². The fourth-order valence-electron chi connectivity index (χ4n) is 3.22. The van der Waals surface area contributed by atoms with Crippen LogP contribution in [-0.2, 0) is 16.4 Å². The number of hydrogen-bond acceptors (Lipinski definition) is 3. The summed E-state index contributed by atoms with van der Waals surface area (Å²) in [6.45, 7) is 0.161. The van der Waals surface area contributed by atoms with E-state index in [0.717, 1.165) is 30.3 Å². The molecule has 0 N–H and O–H groups in total. The lowest BCUT2D eigenvalue weighted by Crippen LogP contribution is -2.20. The van der Waals surface area contributed by atoms with Gasteiger partial charge in [-0.1, -0.05) is 29.8 Å². The van der Waals surface area contributed by atoms with Crippen LogP contribution in [0.25, 0.3) is 10.9 Å². The lowest BCUT2D eigenvalue weighted by molar-refractivity contribution is 0.592. The van der Waals surface area contributed by atoms with Gasteiger partial charge in [-0.3, -0.25) is 4.79 Å². The van der Waals surface area contributed by atoms with Crippen LogP contribution in [0.1, 0.15) is 5.56 Å². The van der Waals surface area contributed by atoms with Crippen molar-refractivity contribution in [1.29, 1.82) is 0 Å². The van der Waals surface area contributed by atoms with Crippen LogP contribution in [0.15, 0.2) is 87.5 Å². The summed E-state index contributed by atoms with van der Waals surface area (Å²) in [4.78, 5) is 12.2. The van der Waals surface area contributed by atoms with Gasteiger partial charge in [0, 0.05) is 23.2 Å². The van der Waals surface area contributed by atoms with E-state index in [-0.39, 0.29) is 16.8 Å². The second kappa shape index (κ2) is 7.66. The van der Waals surface area contributed by atoms with Gasteiger partial charge in [0.15, 0.2) is 0 Å². The van der Waals surface area contributed by atoms with Gasteiger partial charge in [-0.15, -0.1) is 0 Å². The smallest absolute Gasteiger partial charge is 0.211 e. The number of rotatable bonds is 4. The van der Waals surface area contributed by atoms with Crippen LogP contribution in [0.3, 0.4) is 0 Å². The number of aromatic nitrogens is 1. The molecule has 4 nitrogen and oxygen atoms in total. The van der Waals surface area contributed by atoms with E-state index < -0.39 is 31.8 Å². The Labute approximate surface area is 175 Å². The molecule has 0 unspecified atom stereocenters. The van der Waals surface area contributed by atoms with Gasteiger partial charge in [0.1, 0.15) is 16.5 Å². The largest absolute Gasteiger partial charge is 0.341 e. The molecule has 0 aliphatic rings. The third-order valence-corrected chi connectivity index (χ3v) is 6.85. The van der Waals surface area contributed by atoms with E-state index in [1.807, 2.05) is 0 Å². The van der Waals surface area contributed by atoms with E-state index in [9.17, 15) is 22.0 Å². The first-order chi connectivity index (χ1) is 14.3. The van der Waals surface area contributed by atoms with Gasteiger partial charge < -0.3 is 4.57 Å². The van der Waals surface area contributed by atoms with E-state index in [0.29, 0.717) is 16.1 Å². The predicted octanol–water partition coefficient (Wildman–Crippen LogP) is 4.81. The summed E-state index contributed by atoms with van der Waals surface area (Å²) in [5, 5.41) is 0.389. The summed E-state index contributed by atoms with van der Waals surface area (Å²) in [5.41, 5.74) is 0.224. The Kier molecular flexibility index (Phi) is 5.17. The highest BCUT2D eigenvalue weighted by Gasteiger charge is 2.24. The Hall–Kier alpha value is -3.03. The number of sulfone groups is 1. The average Bonchev–Trinajstić information content (AvgIpc) is 2.72. The minimum Gasteiger partial charge on any atom is -0.341 e. The highest BCUT2D eigenvalue weighted by atomic mass is 35.5. The standard InChI is InChI=1S/C22H14ClF2NO3S/c23-19-4-2-1-3-14(19)12-26-13-21(22(27)18-11-16(25)7-10-20(18)26)30(28,29)17-8-5-15(24)6-9-17/h1-11,13H,12H2. The van der Waals surface area contributed by atoms with Crippen molar-refractivity contribution in [2.24, 2.45) is 0 Å². The van der Waals surface area contributed by atoms with Crippen molar-refractivity contribution in [1.82, 2.24) is 4.57 Å². The monoisotopic (exact) mass is 445 g/mol. The number of fused-ring (bicyclic) bond motifs is 1. The van der Waals surface area contributed by atoms with Gasteiger partial charge in [0.2, 0.25) is 15.3 Å². The molecule has 0 aliphatic carbocycles. The second-order valence-electron chi connectivity index (χ2n) is 6.66. The quantitative estimate of drug-likeness (QED) is 0.423. The van der Waals surface area contributed by atoms with Crippen LogP contribution < -0.4 is 5.43 Å². The molecule has 0 atom stereocenters. The molecule has 1 heterocycles. The van der Waals surface area contributed by atoms with Gasteiger partial charge in [-0.25, -0.2) is 17.2 Å². The summed E-state index contributed by atoms with van der Waals surface area (Å²) in [7, 11) is -4.27. The maximum absolute atomic E-state index is 13.9. The first-order valence-corrected chi connectivity index (χ1v) is 10.7. The molecule has 0 bridgehead atoms. The SMILES string of the molecule is O=c1c(S(=O)(=O)c2ccc(F)cc2)cn(Cc2ccccc2Cl)c2ccc(F)cc12. The van der Waals surface area contributed by atoms with Crippen LogP contribution in [-0.4, -0.2) is 13.0 Å².